The molecule has 0 radical (unpaired) electrons. The molecule has 0 spiro atoms. The molecule has 1 N–H and O–H groups in total. The number of nitrogens with zero attached hydrogens (tertiary/aromatic N) is 5. The van der Waals surface area contributed by atoms with Gasteiger partial charge in [0.05, 0.1) is 12.4 Å². The van der Waals surface area contributed by atoms with Gasteiger partial charge in [-0.2, -0.15) is 4.52 Å². The van der Waals surface area contributed by atoms with Crippen LogP contribution in [0, 0.1) is 0 Å². The number of hydrogen-bond donors (Lipinski definition) is 1. The molecule has 1 atom stereocenters. The van der Waals surface area contributed by atoms with E-state index in [0.29, 0.717) is 11.7 Å². The van der Waals surface area contributed by atoms with Crippen LogP contribution in [0.1, 0.15) is 33.1 Å². The van der Waals surface area contributed by atoms with Crippen LogP contribution in [0.15, 0.2) is 12.4 Å². The van der Waals surface area contributed by atoms with Crippen LogP contribution in [0.2, 0.25) is 0 Å². The summed E-state index contributed by atoms with van der Waals surface area (Å²) in [4.78, 5) is 4.11. The molecule has 2 aromatic rings. The highest BCUT2D eigenvalue weighted by atomic mass is 15.5. The fourth-order valence-electron chi connectivity index (χ4n) is 1.71. The highest BCUT2D eigenvalue weighted by Gasteiger charge is 2.08. The zero-order valence-corrected chi connectivity index (χ0v) is 9.59. The van der Waals surface area contributed by atoms with Crippen molar-refractivity contribution in [3.05, 3.63) is 12.4 Å². The SMILES string of the molecule is CCCC(CC)Nc1cncc2nnnn12. The van der Waals surface area contributed by atoms with Crippen LogP contribution in [0.3, 0.4) is 0 Å². The fourth-order valence-corrected chi connectivity index (χ4v) is 1.71. The van der Waals surface area contributed by atoms with Gasteiger partial charge in [0.1, 0.15) is 0 Å². The first-order valence-corrected chi connectivity index (χ1v) is 5.63. The molecule has 0 fully saturated rings. The highest BCUT2D eigenvalue weighted by molar-refractivity contribution is 5.44. The van der Waals surface area contributed by atoms with Crippen LogP contribution in [0.25, 0.3) is 5.65 Å². The van der Waals surface area contributed by atoms with Crippen LogP contribution in [-0.2, 0) is 0 Å². The minimum absolute atomic E-state index is 0.446. The number of nitrogens with one attached hydrogen (secondary N) is 1. The van der Waals surface area contributed by atoms with Crippen molar-refractivity contribution in [2.45, 2.75) is 39.2 Å². The number of tetrazole rings is 1. The first kappa shape index (κ1) is 10.8. The van der Waals surface area contributed by atoms with Gasteiger partial charge in [0, 0.05) is 6.04 Å². The van der Waals surface area contributed by atoms with Gasteiger partial charge in [0.25, 0.3) is 0 Å². The zero-order chi connectivity index (χ0) is 11.4. The summed E-state index contributed by atoms with van der Waals surface area (Å²) < 4.78 is 1.67. The Hall–Kier alpha value is -1.72. The predicted octanol–water partition coefficient (Wildman–Crippen LogP) is 1.51. The lowest BCUT2D eigenvalue weighted by Crippen LogP contribution is -2.20. The molecule has 0 bridgehead atoms. The minimum Gasteiger partial charge on any atom is -0.366 e. The summed E-state index contributed by atoms with van der Waals surface area (Å²) in [6.07, 6.45) is 6.76. The van der Waals surface area contributed by atoms with E-state index in [9.17, 15) is 0 Å². The molecule has 86 valence electrons. The number of anilines is 1. The second-order valence-electron chi connectivity index (χ2n) is 3.78. The van der Waals surface area contributed by atoms with Crippen LogP contribution in [-0.4, -0.2) is 31.1 Å². The molecule has 6 heteroatoms. The molecule has 6 nitrogen and oxygen atoms in total. The summed E-state index contributed by atoms with van der Waals surface area (Å²) in [5.41, 5.74) is 0.663. The Kier molecular flexibility index (Phi) is 3.28. The molecule has 0 aliphatic rings. The largest absolute Gasteiger partial charge is 0.366 e. The van der Waals surface area contributed by atoms with Crippen molar-refractivity contribution < 1.29 is 0 Å². The fraction of sp³-hybridized carbons (Fsp3) is 0.600. The van der Waals surface area contributed by atoms with Gasteiger partial charge in [-0.05, 0) is 23.3 Å². The van der Waals surface area contributed by atoms with Crippen molar-refractivity contribution in [3.63, 3.8) is 0 Å². The Balaban J connectivity index is 2.22. The Morgan fingerprint density at radius 3 is 3.00 bits per heavy atom. The first-order valence-electron chi connectivity index (χ1n) is 5.63. The predicted molar refractivity (Wildman–Crippen MR) is 61.2 cm³/mol. The zero-order valence-electron chi connectivity index (χ0n) is 9.59. The van der Waals surface area contributed by atoms with Gasteiger partial charge in [-0.3, -0.25) is 4.98 Å². The normalized spacial score (nSPS) is 12.9. The summed E-state index contributed by atoms with van der Waals surface area (Å²) >= 11 is 0. The maximum Gasteiger partial charge on any atom is 0.199 e. The summed E-state index contributed by atoms with van der Waals surface area (Å²) in [6, 6.07) is 0.446. The molecule has 0 amide bonds. The number of aromatic nitrogens is 5. The highest BCUT2D eigenvalue weighted by Crippen LogP contribution is 2.11. The van der Waals surface area contributed by atoms with Crippen molar-refractivity contribution >= 4 is 11.5 Å². The number of fused-ring (bicyclic) bond motifs is 1. The minimum atomic E-state index is 0.446. The lowest BCUT2D eigenvalue weighted by atomic mass is 10.1. The van der Waals surface area contributed by atoms with Crippen molar-refractivity contribution in [2.24, 2.45) is 0 Å². The van der Waals surface area contributed by atoms with Crippen molar-refractivity contribution in [1.29, 1.82) is 0 Å². The van der Waals surface area contributed by atoms with E-state index < -0.39 is 0 Å². The van der Waals surface area contributed by atoms with Crippen molar-refractivity contribution in [3.8, 4) is 0 Å². The van der Waals surface area contributed by atoms with Gasteiger partial charge in [0.2, 0.25) is 0 Å². The Morgan fingerprint density at radius 2 is 2.25 bits per heavy atom. The average Bonchev–Trinajstić information content (AvgIpc) is 2.77. The van der Waals surface area contributed by atoms with Crippen molar-refractivity contribution in [1.82, 2.24) is 25.0 Å². The topological polar surface area (TPSA) is 68.0 Å². The molecule has 0 saturated heterocycles. The van der Waals surface area contributed by atoms with Gasteiger partial charge in [-0.1, -0.05) is 20.3 Å². The molecule has 2 aromatic heterocycles. The maximum atomic E-state index is 4.11. The van der Waals surface area contributed by atoms with Gasteiger partial charge in [-0.15, -0.1) is 5.10 Å². The molecule has 2 heterocycles. The molecular formula is C10H16N6. The molecule has 2 rings (SSSR count). The lowest BCUT2D eigenvalue weighted by Gasteiger charge is -2.16. The van der Waals surface area contributed by atoms with Crippen molar-refractivity contribution in [2.75, 3.05) is 5.32 Å². The lowest BCUT2D eigenvalue weighted by molar-refractivity contribution is 0.616. The molecule has 1 unspecified atom stereocenters. The number of rotatable bonds is 5. The Morgan fingerprint density at radius 1 is 1.38 bits per heavy atom. The molecule has 0 aromatic carbocycles. The monoisotopic (exact) mass is 220 g/mol. The molecule has 0 saturated carbocycles. The summed E-state index contributed by atoms with van der Waals surface area (Å²) in [6.45, 7) is 4.35. The third kappa shape index (κ3) is 2.10. The average molecular weight is 220 g/mol. The van der Waals surface area contributed by atoms with Gasteiger partial charge in [-0.25, -0.2) is 0 Å². The summed E-state index contributed by atoms with van der Waals surface area (Å²) in [5.74, 6) is 0.850. The second-order valence-corrected chi connectivity index (χ2v) is 3.78. The Bertz CT molecular complexity index is 451. The van der Waals surface area contributed by atoms with Crippen LogP contribution in [0.4, 0.5) is 5.82 Å². The quantitative estimate of drug-likeness (QED) is 0.827. The first-order chi connectivity index (χ1) is 7.85. The smallest absolute Gasteiger partial charge is 0.199 e. The van der Waals surface area contributed by atoms with E-state index in [-0.39, 0.29) is 0 Å². The van der Waals surface area contributed by atoms with Gasteiger partial charge < -0.3 is 5.32 Å². The van der Waals surface area contributed by atoms with E-state index in [1.54, 1.807) is 16.9 Å². The van der Waals surface area contributed by atoms with E-state index >= 15 is 0 Å². The molecular weight excluding hydrogens is 204 g/mol. The summed E-state index contributed by atoms with van der Waals surface area (Å²) in [5, 5.41) is 14.8. The third-order valence-corrected chi connectivity index (χ3v) is 2.59. The standard InChI is InChI=1S/C10H16N6/c1-3-5-8(4-2)12-9-6-11-7-10-13-14-15-16(9)10/h6-8,12H,3-5H2,1-2H3. The van der Waals surface area contributed by atoms with Crippen LogP contribution < -0.4 is 5.32 Å². The molecule has 0 aliphatic heterocycles. The maximum absolute atomic E-state index is 4.11. The molecule has 16 heavy (non-hydrogen) atoms. The summed E-state index contributed by atoms with van der Waals surface area (Å²) in [7, 11) is 0. The van der Waals surface area contributed by atoms with E-state index in [1.807, 2.05) is 0 Å². The van der Waals surface area contributed by atoms with E-state index in [1.165, 1.54) is 0 Å². The van der Waals surface area contributed by atoms with Gasteiger partial charge >= 0.3 is 0 Å². The van der Waals surface area contributed by atoms with Gasteiger partial charge in [0.15, 0.2) is 11.5 Å². The van der Waals surface area contributed by atoms with Crippen LogP contribution >= 0.6 is 0 Å². The molecule has 0 aliphatic carbocycles. The Labute approximate surface area is 94.1 Å². The van der Waals surface area contributed by atoms with E-state index in [2.05, 4.69) is 39.7 Å². The van der Waals surface area contributed by atoms with Crippen LogP contribution in [0.5, 0.6) is 0 Å². The van der Waals surface area contributed by atoms with E-state index in [4.69, 9.17) is 0 Å². The van der Waals surface area contributed by atoms with E-state index in [0.717, 1.165) is 25.1 Å². The third-order valence-electron chi connectivity index (χ3n) is 2.59. The second kappa shape index (κ2) is 4.87. The number of hydrogen-bond acceptors (Lipinski definition) is 5.